The van der Waals surface area contributed by atoms with Crippen molar-refractivity contribution < 1.29 is 9.90 Å². The number of aryl methyl sites for hydroxylation is 3. The van der Waals surface area contributed by atoms with E-state index in [1.54, 1.807) is 10.6 Å². The van der Waals surface area contributed by atoms with E-state index >= 15 is 0 Å². The minimum atomic E-state index is -1.24. The van der Waals surface area contributed by atoms with Crippen LogP contribution < -0.4 is 11.2 Å². The summed E-state index contributed by atoms with van der Waals surface area (Å²) in [6.07, 6.45) is 1.38. The van der Waals surface area contributed by atoms with Crippen LogP contribution in [0, 0.1) is 13.8 Å². The molecule has 0 saturated heterocycles. The largest absolute Gasteiger partial charge is 0.477 e. The molecule has 0 aliphatic carbocycles. The van der Waals surface area contributed by atoms with Crippen LogP contribution in [0.3, 0.4) is 0 Å². The standard InChI is InChI=1S/C19H19N3O3/c1-4-22-9-15(19(24)25)18(23)14-7-16(20)13(8-17(14)22)12-5-10(2)21-11(3)6-12/h5-9H,4,20H2,1-3H3,(H,24,25). The molecule has 25 heavy (non-hydrogen) atoms. The lowest BCUT2D eigenvalue weighted by Crippen LogP contribution is -2.19. The Kier molecular flexibility index (Phi) is 4.04. The maximum atomic E-state index is 12.5. The molecule has 0 saturated carbocycles. The van der Waals surface area contributed by atoms with Crippen LogP contribution >= 0.6 is 0 Å². The molecule has 3 N–H and O–H groups in total. The summed E-state index contributed by atoms with van der Waals surface area (Å²) in [7, 11) is 0. The predicted molar refractivity (Wildman–Crippen MR) is 98.0 cm³/mol. The summed E-state index contributed by atoms with van der Waals surface area (Å²) >= 11 is 0. The van der Waals surface area contributed by atoms with E-state index in [0.717, 1.165) is 22.5 Å². The monoisotopic (exact) mass is 337 g/mol. The van der Waals surface area contributed by atoms with Crippen LogP contribution in [-0.2, 0) is 6.54 Å². The number of anilines is 1. The molecular weight excluding hydrogens is 318 g/mol. The molecule has 0 aliphatic rings. The van der Waals surface area contributed by atoms with E-state index in [1.807, 2.05) is 39.0 Å². The first-order valence-electron chi connectivity index (χ1n) is 7.97. The van der Waals surface area contributed by atoms with Gasteiger partial charge in [-0.1, -0.05) is 0 Å². The van der Waals surface area contributed by atoms with Gasteiger partial charge in [-0.25, -0.2) is 4.79 Å². The van der Waals surface area contributed by atoms with Crippen molar-refractivity contribution in [2.24, 2.45) is 0 Å². The number of carboxylic acids is 1. The first-order valence-corrected chi connectivity index (χ1v) is 7.97. The summed E-state index contributed by atoms with van der Waals surface area (Å²) in [4.78, 5) is 28.2. The first kappa shape index (κ1) is 16.7. The van der Waals surface area contributed by atoms with E-state index < -0.39 is 11.4 Å². The molecule has 6 nitrogen and oxygen atoms in total. The molecule has 3 rings (SSSR count). The summed E-state index contributed by atoms with van der Waals surface area (Å²) in [5.41, 5.74) is 9.98. The fourth-order valence-electron chi connectivity index (χ4n) is 3.11. The minimum Gasteiger partial charge on any atom is -0.477 e. The number of aromatic carboxylic acids is 1. The zero-order valence-electron chi connectivity index (χ0n) is 14.3. The molecule has 0 radical (unpaired) electrons. The molecule has 3 aromatic rings. The van der Waals surface area contributed by atoms with Crippen LogP contribution in [0.4, 0.5) is 5.69 Å². The van der Waals surface area contributed by atoms with Gasteiger partial charge in [-0.05, 0) is 50.6 Å². The van der Waals surface area contributed by atoms with Crippen LogP contribution in [0.25, 0.3) is 22.0 Å². The van der Waals surface area contributed by atoms with Crippen LogP contribution in [0.1, 0.15) is 28.7 Å². The third kappa shape index (κ3) is 2.87. The Morgan fingerprint density at radius 3 is 2.40 bits per heavy atom. The van der Waals surface area contributed by atoms with E-state index in [4.69, 9.17) is 5.73 Å². The maximum absolute atomic E-state index is 12.5. The van der Waals surface area contributed by atoms with Gasteiger partial charge in [0.1, 0.15) is 5.56 Å². The smallest absolute Gasteiger partial charge is 0.341 e. The SMILES string of the molecule is CCn1cc(C(=O)O)c(=O)c2cc(N)c(-c3cc(C)nc(C)c3)cc21. The lowest BCUT2D eigenvalue weighted by molar-refractivity contribution is 0.0695. The van der Waals surface area contributed by atoms with Crippen molar-refractivity contribution in [2.45, 2.75) is 27.3 Å². The fourth-order valence-corrected chi connectivity index (χ4v) is 3.11. The molecule has 1 aromatic carbocycles. The average Bonchev–Trinajstić information content (AvgIpc) is 2.54. The van der Waals surface area contributed by atoms with Gasteiger partial charge in [0, 0.05) is 40.8 Å². The number of carbonyl (C=O) groups is 1. The van der Waals surface area contributed by atoms with Gasteiger partial charge in [0.05, 0.1) is 5.52 Å². The molecule has 0 fully saturated rings. The van der Waals surface area contributed by atoms with Crippen molar-refractivity contribution in [3.8, 4) is 11.1 Å². The van der Waals surface area contributed by atoms with Crippen LogP contribution in [0.2, 0.25) is 0 Å². The number of fused-ring (bicyclic) bond motifs is 1. The first-order chi connectivity index (χ1) is 11.8. The quantitative estimate of drug-likeness (QED) is 0.716. The topological polar surface area (TPSA) is 98.2 Å². The number of nitrogens with two attached hydrogens (primary N) is 1. The fraction of sp³-hybridized carbons (Fsp3) is 0.211. The second-order valence-electron chi connectivity index (χ2n) is 6.06. The van der Waals surface area contributed by atoms with Gasteiger partial charge in [0.25, 0.3) is 0 Å². The van der Waals surface area contributed by atoms with Crippen molar-refractivity contribution in [1.29, 1.82) is 0 Å². The second-order valence-corrected chi connectivity index (χ2v) is 6.06. The van der Waals surface area contributed by atoms with Crippen molar-refractivity contribution in [1.82, 2.24) is 9.55 Å². The third-order valence-electron chi connectivity index (χ3n) is 4.22. The van der Waals surface area contributed by atoms with Crippen LogP contribution in [0.15, 0.2) is 35.3 Å². The number of benzene rings is 1. The summed E-state index contributed by atoms with van der Waals surface area (Å²) in [6.45, 7) is 6.25. The lowest BCUT2D eigenvalue weighted by Gasteiger charge is -2.14. The maximum Gasteiger partial charge on any atom is 0.341 e. The highest BCUT2D eigenvalue weighted by Crippen LogP contribution is 2.30. The van der Waals surface area contributed by atoms with E-state index in [9.17, 15) is 14.7 Å². The summed E-state index contributed by atoms with van der Waals surface area (Å²) in [5.74, 6) is -1.24. The average molecular weight is 337 g/mol. The van der Waals surface area contributed by atoms with Crippen molar-refractivity contribution in [3.05, 3.63) is 57.6 Å². The third-order valence-corrected chi connectivity index (χ3v) is 4.22. The molecule has 0 atom stereocenters. The molecule has 6 heteroatoms. The number of pyridine rings is 2. The van der Waals surface area contributed by atoms with Gasteiger partial charge >= 0.3 is 5.97 Å². The van der Waals surface area contributed by atoms with Gasteiger partial charge in [-0.15, -0.1) is 0 Å². The zero-order chi connectivity index (χ0) is 18.3. The van der Waals surface area contributed by atoms with Crippen molar-refractivity contribution in [2.75, 3.05) is 5.73 Å². The van der Waals surface area contributed by atoms with Gasteiger partial charge < -0.3 is 15.4 Å². The molecule has 0 amide bonds. The summed E-state index contributed by atoms with van der Waals surface area (Å²) in [5, 5.41) is 9.57. The summed E-state index contributed by atoms with van der Waals surface area (Å²) in [6, 6.07) is 7.28. The number of rotatable bonds is 3. The van der Waals surface area contributed by atoms with Crippen LogP contribution in [0.5, 0.6) is 0 Å². The Morgan fingerprint density at radius 1 is 1.20 bits per heavy atom. The Labute approximate surface area is 144 Å². The molecule has 0 bridgehead atoms. The van der Waals surface area contributed by atoms with E-state index in [0.29, 0.717) is 23.1 Å². The van der Waals surface area contributed by atoms with Crippen molar-refractivity contribution in [3.63, 3.8) is 0 Å². The minimum absolute atomic E-state index is 0.253. The van der Waals surface area contributed by atoms with E-state index in [-0.39, 0.29) is 5.56 Å². The van der Waals surface area contributed by atoms with Gasteiger partial charge in [0.15, 0.2) is 0 Å². The van der Waals surface area contributed by atoms with E-state index in [2.05, 4.69) is 4.98 Å². The number of aromatic nitrogens is 2. The predicted octanol–water partition coefficient (Wildman–Crippen LogP) is 2.98. The highest BCUT2D eigenvalue weighted by molar-refractivity contribution is 5.96. The number of nitrogen functional groups attached to an aromatic ring is 1. The summed E-state index contributed by atoms with van der Waals surface area (Å²) < 4.78 is 1.75. The number of carboxylic acid groups (broad SMARTS) is 1. The van der Waals surface area contributed by atoms with Crippen LogP contribution in [-0.4, -0.2) is 20.6 Å². The Bertz CT molecular complexity index is 1050. The lowest BCUT2D eigenvalue weighted by atomic mass is 9.99. The van der Waals surface area contributed by atoms with Gasteiger partial charge in [-0.2, -0.15) is 0 Å². The highest BCUT2D eigenvalue weighted by atomic mass is 16.4. The molecule has 0 unspecified atom stereocenters. The number of hydrogen-bond donors (Lipinski definition) is 2. The Hall–Kier alpha value is -3.15. The molecular formula is C19H19N3O3. The second kappa shape index (κ2) is 6.05. The zero-order valence-corrected chi connectivity index (χ0v) is 14.3. The highest BCUT2D eigenvalue weighted by Gasteiger charge is 2.16. The Morgan fingerprint density at radius 2 is 1.84 bits per heavy atom. The van der Waals surface area contributed by atoms with E-state index in [1.165, 1.54) is 6.20 Å². The molecule has 2 heterocycles. The Balaban J connectivity index is 2.38. The molecule has 0 aliphatic heterocycles. The molecule has 2 aromatic heterocycles. The van der Waals surface area contributed by atoms with Crippen molar-refractivity contribution >= 4 is 22.6 Å². The molecule has 128 valence electrons. The normalized spacial score (nSPS) is 11.0. The molecule has 0 spiro atoms. The van der Waals surface area contributed by atoms with Gasteiger partial charge in [0.2, 0.25) is 5.43 Å². The number of nitrogens with zero attached hydrogens (tertiary/aromatic N) is 2. The number of hydrogen-bond acceptors (Lipinski definition) is 4. The van der Waals surface area contributed by atoms with Gasteiger partial charge in [-0.3, -0.25) is 9.78 Å².